The first-order chi connectivity index (χ1) is 34.6. The molecule has 0 amide bonds. The van der Waals surface area contributed by atoms with Crippen molar-refractivity contribution in [1.29, 1.82) is 0 Å². The summed E-state index contributed by atoms with van der Waals surface area (Å²) in [6, 6.07) is 0. The van der Waals surface area contributed by atoms with E-state index in [1.807, 2.05) is 0 Å². The van der Waals surface area contributed by atoms with E-state index in [1.54, 1.807) is 0 Å². The number of ether oxygens (including phenoxy) is 2. The second kappa shape index (κ2) is 58.8. The van der Waals surface area contributed by atoms with Crippen molar-refractivity contribution < 1.29 is 24.2 Å². The fourth-order valence-corrected chi connectivity index (χ4v) is 7.12. The van der Waals surface area contributed by atoms with Crippen LogP contribution in [0.2, 0.25) is 0 Å². The minimum atomic E-state index is -0.812. The predicted molar refractivity (Wildman–Crippen MR) is 306 cm³/mol. The van der Waals surface area contributed by atoms with Gasteiger partial charge in [-0.15, -0.1) is 0 Å². The average molecular weight is 964 g/mol. The van der Waals surface area contributed by atoms with Gasteiger partial charge < -0.3 is 14.6 Å². The van der Waals surface area contributed by atoms with Crippen LogP contribution in [0.3, 0.4) is 0 Å². The standard InChI is InChI=1S/C65H102O5/c1-3-5-7-9-11-13-15-17-19-21-23-25-27-28-29-30-31-32-33-34-35-36-38-40-42-44-46-48-50-52-54-56-58-60-65(68)70-63(61-66)62-69-64(67)59-57-55-53-51-49-47-45-43-41-39-37-26-24-22-20-18-16-14-12-10-8-6-4-2/h5,7,11,13,16-19,22-25,28-29,31-32,34-35,37-40,44,46,50,52,63,66H,3-4,6,8-10,12,14-15,20-21,26-27,30,33,36,41-43,45,47-49,51,53-62H2,1-2H3/b7-5-,13-11-,18-16-,19-17-,24-22-,25-23-,29-28-,32-31-,35-34-,39-37-,40-38-,46-44-,52-50-. The monoisotopic (exact) mass is 963 g/mol. The Morgan fingerprint density at radius 2 is 0.614 bits per heavy atom. The fraction of sp³-hybridized carbons (Fsp3) is 0.569. The zero-order chi connectivity index (χ0) is 50.6. The zero-order valence-electron chi connectivity index (χ0n) is 44.7. The van der Waals surface area contributed by atoms with Gasteiger partial charge in [-0.25, -0.2) is 0 Å². The van der Waals surface area contributed by atoms with Gasteiger partial charge in [-0.2, -0.15) is 0 Å². The molecule has 0 bridgehead atoms. The van der Waals surface area contributed by atoms with E-state index < -0.39 is 6.10 Å². The van der Waals surface area contributed by atoms with Gasteiger partial charge in [-0.1, -0.05) is 236 Å². The summed E-state index contributed by atoms with van der Waals surface area (Å²) in [4.78, 5) is 24.5. The first kappa shape index (κ1) is 65.5. The van der Waals surface area contributed by atoms with Gasteiger partial charge in [0.05, 0.1) is 6.61 Å². The van der Waals surface area contributed by atoms with E-state index in [-0.39, 0.29) is 31.6 Å². The van der Waals surface area contributed by atoms with E-state index in [4.69, 9.17) is 9.47 Å². The molecule has 0 rings (SSSR count). The third-order valence-electron chi connectivity index (χ3n) is 11.3. The van der Waals surface area contributed by atoms with Crippen molar-refractivity contribution in [1.82, 2.24) is 0 Å². The largest absolute Gasteiger partial charge is 0.462 e. The number of unbranched alkanes of at least 4 members (excludes halogenated alkanes) is 15. The molecule has 0 fully saturated rings. The Kier molecular flexibility index (Phi) is 55.1. The molecule has 1 atom stereocenters. The van der Waals surface area contributed by atoms with Crippen molar-refractivity contribution in [3.8, 4) is 0 Å². The Balaban J connectivity index is 3.70. The summed E-state index contributed by atoms with van der Waals surface area (Å²) in [7, 11) is 0. The van der Waals surface area contributed by atoms with E-state index >= 15 is 0 Å². The maximum absolute atomic E-state index is 12.3. The van der Waals surface area contributed by atoms with E-state index in [9.17, 15) is 14.7 Å². The highest BCUT2D eigenvalue weighted by Gasteiger charge is 2.16. The molecule has 5 nitrogen and oxygen atoms in total. The van der Waals surface area contributed by atoms with Crippen LogP contribution in [0.25, 0.3) is 0 Å². The zero-order valence-corrected chi connectivity index (χ0v) is 44.7. The molecule has 1 N–H and O–H groups in total. The highest BCUT2D eigenvalue weighted by molar-refractivity contribution is 5.70. The van der Waals surface area contributed by atoms with Crippen LogP contribution in [-0.4, -0.2) is 36.4 Å². The number of hydrogen-bond donors (Lipinski definition) is 1. The van der Waals surface area contributed by atoms with Gasteiger partial charge in [-0.05, 0) is 128 Å². The molecular formula is C65H102O5. The predicted octanol–water partition coefficient (Wildman–Crippen LogP) is 19.2. The van der Waals surface area contributed by atoms with Crippen LogP contribution >= 0.6 is 0 Å². The molecular weight excluding hydrogens is 861 g/mol. The second-order valence-electron chi connectivity index (χ2n) is 17.9. The Morgan fingerprint density at radius 1 is 0.343 bits per heavy atom. The van der Waals surface area contributed by atoms with Crippen LogP contribution in [0.15, 0.2) is 158 Å². The van der Waals surface area contributed by atoms with Gasteiger partial charge in [0.2, 0.25) is 0 Å². The van der Waals surface area contributed by atoms with Gasteiger partial charge in [0.25, 0.3) is 0 Å². The average Bonchev–Trinajstić information content (AvgIpc) is 3.36. The summed E-state index contributed by atoms with van der Waals surface area (Å²) >= 11 is 0. The number of aliphatic hydroxyl groups is 1. The summed E-state index contributed by atoms with van der Waals surface area (Å²) in [5, 5.41) is 9.64. The van der Waals surface area contributed by atoms with Crippen LogP contribution in [0.5, 0.6) is 0 Å². The Morgan fingerprint density at radius 3 is 0.957 bits per heavy atom. The lowest BCUT2D eigenvalue weighted by Crippen LogP contribution is -2.28. The lowest BCUT2D eigenvalue weighted by molar-refractivity contribution is -0.161. The lowest BCUT2D eigenvalue weighted by atomic mass is 10.1. The molecule has 0 aromatic heterocycles. The summed E-state index contributed by atoms with van der Waals surface area (Å²) in [5.74, 6) is -0.662. The number of carbonyl (C=O) groups excluding carboxylic acids is 2. The highest BCUT2D eigenvalue weighted by Crippen LogP contribution is 2.12. The number of esters is 2. The van der Waals surface area contributed by atoms with Crippen LogP contribution in [0.4, 0.5) is 0 Å². The molecule has 0 aromatic rings. The van der Waals surface area contributed by atoms with E-state index in [0.717, 1.165) is 116 Å². The van der Waals surface area contributed by atoms with Crippen molar-refractivity contribution in [2.45, 2.75) is 225 Å². The van der Waals surface area contributed by atoms with Crippen LogP contribution in [0, 0.1) is 0 Å². The van der Waals surface area contributed by atoms with E-state index in [2.05, 4.69) is 172 Å². The van der Waals surface area contributed by atoms with Crippen LogP contribution in [0.1, 0.15) is 219 Å². The molecule has 0 saturated heterocycles. The molecule has 392 valence electrons. The first-order valence-corrected chi connectivity index (χ1v) is 28.0. The molecule has 0 spiro atoms. The van der Waals surface area contributed by atoms with Crippen molar-refractivity contribution in [3.63, 3.8) is 0 Å². The van der Waals surface area contributed by atoms with Crippen molar-refractivity contribution in [2.24, 2.45) is 0 Å². The molecule has 0 aromatic carbocycles. The van der Waals surface area contributed by atoms with Crippen molar-refractivity contribution >= 4 is 11.9 Å². The Bertz CT molecular complexity index is 1560. The van der Waals surface area contributed by atoms with Crippen molar-refractivity contribution in [3.05, 3.63) is 158 Å². The number of hydrogen-bond acceptors (Lipinski definition) is 5. The molecule has 0 aliphatic heterocycles. The SMILES string of the molecule is CC/C=C\C/C=C\C/C=C\C/C=C\C/C=C\C/C=C\C/C=C\C/C=C\C/C=C\C/C=C\CCCCC(=O)OC(CO)COC(=O)CCCCCCCCCC/C=C\C/C=C\C/C=C\CCCCCCC. The van der Waals surface area contributed by atoms with Gasteiger partial charge in [0.1, 0.15) is 6.61 Å². The van der Waals surface area contributed by atoms with E-state index in [0.29, 0.717) is 12.8 Å². The van der Waals surface area contributed by atoms with Gasteiger partial charge in [0.15, 0.2) is 6.10 Å². The first-order valence-electron chi connectivity index (χ1n) is 28.0. The van der Waals surface area contributed by atoms with Gasteiger partial charge in [-0.3, -0.25) is 9.59 Å². The van der Waals surface area contributed by atoms with Crippen LogP contribution < -0.4 is 0 Å². The van der Waals surface area contributed by atoms with Gasteiger partial charge in [0, 0.05) is 12.8 Å². The minimum absolute atomic E-state index is 0.0985. The Labute approximate surface area is 430 Å². The third kappa shape index (κ3) is 56.1. The van der Waals surface area contributed by atoms with E-state index in [1.165, 1.54) is 70.6 Å². The number of carbonyl (C=O) groups is 2. The number of allylic oxidation sites excluding steroid dienone is 26. The summed E-state index contributed by atoms with van der Waals surface area (Å²) < 4.78 is 10.7. The maximum Gasteiger partial charge on any atom is 0.306 e. The highest BCUT2D eigenvalue weighted by atomic mass is 16.6. The minimum Gasteiger partial charge on any atom is -0.462 e. The summed E-state index contributed by atoms with van der Waals surface area (Å²) in [6.45, 7) is 3.96. The molecule has 0 aliphatic rings. The smallest absolute Gasteiger partial charge is 0.306 e. The van der Waals surface area contributed by atoms with Crippen LogP contribution in [-0.2, 0) is 19.1 Å². The molecule has 5 heteroatoms. The molecule has 0 radical (unpaired) electrons. The number of rotatable bonds is 49. The summed E-state index contributed by atoms with van der Waals surface area (Å²) in [5.41, 5.74) is 0. The molecule has 0 saturated carbocycles. The number of aliphatic hydroxyl groups excluding tert-OH is 1. The molecule has 1 unspecified atom stereocenters. The lowest BCUT2D eigenvalue weighted by Gasteiger charge is -2.15. The third-order valence-corrected chi connectivity index (χ3v) is 11.3. The topological polar surface area (TPSA) is 72.8 Å². The van der Waals surface area contributed by atoms with Gasteiger partial charge >= 0.3 is 11.9 Å². The van der Waals surface area contributed by atoms with Crippen molar-refractivity contribution in [2.75, 3.05) is 13.2 Å². The quantitative estimate of drug-likeness (QED) is 0.0374. The normalized spacial score (nSPS) is 13.5. The maximum atomic E-state index is 12.3. The molecule has 0 aliphatic carbocycles. The summed E-state index contributed by atoms with van der Waals surface area (Å²) in [6.07, 6.45) is 90.6. The second-order valence-corrected chi connectivity index (χ2v) is 17.9. The molecule has 70 heavy (non-hydrogen) atoms. The Hall–Kier alpha value is -4.48. The molecule has 0 heterocycles. The fourth-order valence-electron chi connectivity index (χ4n) is 7.12.